The molecule has 1 amide bonds. The number of rotatable bonds is 5. The van der Waals surface area contributed by atoms with E-state index >= 15 is 0 Å². The Labute approximate surface area is 114 Å². The highest BCUT2D eigenvalue weighted by molar-refractivity contribution is 5.69. The summed E-state index contributed by atoms with van der Waals surface area (Å²) in [6.07, 6.45) is 0.122. The van der Waals surface area contributed by atoms with Gasteiger partial charge < -0.3 is 19.7 Å². The maximum absolute atomic E-state index is 11.7. The van der Waals surface area contributed by atoms with E-state index in [9.17, 15) is 9.59 Å². The lowest BCUT2D eigenvalue weighted by Gasteiger charge is -2.39. The van der Waals surface area contributed by atoms with Crippen molar-refractivity contribution < 1.29 is 19.1 Å². The molecule has 0 atom stereocenters. The molecule has 6 nitrogen and oxygen atoms in total. The average Bonchev–Trinajstić information content (AvgIpc) is 2.23. The lowest BCUT2D eigenvalue weighted by molar-refractivity contribution is -0.140. The molecule has 1 fully saturated rings. The molecule has 0 bridgehead atoms. The van der Waals surface area contributed by atoms with Crippen LogP contribution in [-0.2, 0) is 14.3 Å². The number of hydrogen-bond donors (Lipinski definition) is 1. The van der Waals surface area contributed by atoms with Gasteiger partial charge in [0.2, 0.25) is 0 Å². The highest BCUT2D eigenvalue weighted by Crippen LogP contribution is 2.18. The summed E-state index contributed by atoms with van der Waals surface area (Å²) in [7, 11) is 1.38. The van der Waals surface area contributed by atoms with Gasteiger partial charge in [-0.25, -0.2) is 4.79 Å². The molecule has 0 aromatic rings. The molecule has 0 aromatic heterocycles. The summed E-state index contributed by atoms with van der Waals surface area (Å²) in [5, 5.41) is 3.18. The number of carbonyl (C=O) groups is 2. The third-order valence-electron chi connectivity index (χ3n) is 2.78. The Morgan fingerprint density at radius 1 is 1.32 bits per heavy atom. The number of likely N-dealkylation sites (tertiary alicyclic amines) is 1. The Morgan fingerprint density at radius 3 is 2.47 bits per heavy atom. The first kappa shape index (κ1) is 15.8. The summed E-state index contributed by atoms with van der Waals surface area (Å²) in [6.45, 7) is 8.40. The Hall–Kier alpha value is -1.30. The topological polar surface area (TPSA) is 67.9 Å². The summed E-state index contributed by atoms with van der Waals surface area (Å²) in [5.41, 5.74) is -0.444. The minimum absolute atomic E-state index is 0.212. The van der Waals surface area contributed by atoms with Gasteiger partial charge >= 0.3 is 12.1 Å². The molecule has 0 saturated carbocycles. The predicted molar refractivity (Wildman–Crippen MR) is 70.8 cm³/mol. The zero-order valence-electron chi connectivity index (χ0n) is 12.2. The first-order valence-corrected chi connectivity index (χ1v) is 6.57. The van der Waals surface area contributed by atoms with Gasteiger partial charge in [0.25, 0.3) is 0 Å². The number of nitrogens with one attached hydrogen (secondary N) is 1. The van der Waals surface area contributed by atoms with Gasteiger partial charge in [-0.05, 0) is 20.8 Å². The maximum atomic E-state index is 11.7. The number of amides is 1. The van der Waals surface area contributed by atoms with E-state index in [4.69, 9.17) is 4.74 Å². The van der Waals surface area contributed by atoms with Gasteiger partial charge in [-0.15, -0.1) is 0 Å². The lowest BCUT2D eigenvalue weighted by atomic mass is 10.0. The quantitative estimate of drug-likeness (QED) is 0.597. The van der Waals surface area contributed by atoms with Crippen LogP contribution in [-0.4, -0.2) is 55.9 Å². The van der Waals surface area contributed by atoms with Crippen molar-refractivity contribution in [1.82, 2.24) is 10.2 Å². The molecule has 0 aromatic carbocycles. The van der Waals surface area contributed by atoms with E-state index in [1.165, 1.54) is 7.11 Å². The number of ether oxygens (including phenoxy) is 2. The van der Waals surface area contributed by atoms with E-state index < -0.39 is 5.60 Å². The minimum Gasteiger partial charge on any atom is -0.469 e. The molecule has 0 radical (unpaired) electrons. The molecule has 6 heteroatoms. The number of carbonyl (C=O) groups excluding carboxylic acids is 2. The van der Waals surface area contributed by atoms with Gasteiger partial charge in [-0.3, -0.25) is 4.79 Å². The Balaban J connectivity index is 2.07. The number of esters is 1. The normalized spacial score (nSPS) is 15.9. The number of methoxy groups -OCH3 is 1. The second-order valence-corrected chi connectivity index (χ2v) is 5.78. The van der Waals surface area contributed by atoms with Crippen LogP contribution in [0.15, 0.2) is 0 Å². The van der Waals surface area contributed by atoms with E-state index in [0.717, 1.165) is 6.54 Å². The summed E-state index contributed by atoms with van der Waals surface area (Å²) in [6, 6.07) is 0. The van der Waals surface area contributed by atoms with Gasteiger partial charge in [0.05, 0.1) is 13.5 Å². The Morgan fingerprint density at radius 2 is 1.95 bits per heavy atom. The van der Waals surface area contributed by atoms with Crippen LogP contribution in [0.3, 0.4) is 0 Å². The highest BCUT2D eigenvalue weighted by Gasteiger charge is 2.33. The SMILES string of the molecule is COC(=O)CCNCC1CN(C(=O)OC(C)(C)C)C1. The van der Waals surface area contributed by atoms with Gasteiger partial charge in [0.1, 0.15) is 5.60 Å². The van der Waals surface area contributed by atoms with Crippen molar-refractivity contribution in [2.24, 2.45) is 5.92 Å². The number of nitrogens with zero attached hydrogens (tertiary/aromatic N) is 1. The molecule has 1 aliphatic rings. The lowest BCUT2D eigenvalue weighted by Crippen LogP contribution is -2.54. The number of hydrogen-bond acceptors (Lipinski definition) is 5. The largest absolute Gasteiger partial charge is 0.469 e. The standard InChI is InChI=1S/C13H24N2O4/c1-13(2,3)19-12(17)15-8-10(9-15)7-14-6-5-11(16)18-4/h10,14H,5-9H2,1-4H3. The van der Waals surface area contributed by atoms with Crippen LogP contribution in [0.5, 0.6) is 0 Å². The van der Waals surface area contributed by atoms with E-state index in [0.29, 0.717) is 32.0 Å². The van der Waals surface area contributed by atoms with Crippen molar-refractivity contribution in [1.29, 1.82) is 0 Å². The van der Waals surface area contributed by atoms with E-state index in [-0.39, 0.29) is 12.1 Å². The van der Waals surface area contributed by atoms with Crippen LogP contribution in [0, 0.1) is 5.92 Å². The van der Waals surface area contributed by atoms with Crippen molar-refractivity contribution in [3.05, 3.63) is 0 Å². The first-order chi connectivity index (χ1) is 8.81. The average molecular weight is 272 g/mol. The Bertz CT molecular complexity index is 319. The van der Waals surface area contributed by atoms with Crippen molar-refractivity contribution in [3.63, 3.8) is 0 Å². The van der Waals surface area contributed by atoms with Crippen LogP contribution >= 0.6 is 0 Å². The molecule has 1 heterocycles. The fourth-order valence-electron chi connectivity index (χ4n) is 1.77. The van der Waals surface area contributed by atoms with Crippen LogP contribution in [0.4, 0.5) is 4.79 Å². The fraction of sp³-hybridized carbons (Fsp3) is 0.846. The second kappa shape index (κ2) is 6.75. The monoisotopic (exact) mass is 272 g/mol. The summed E-state index contributed by atoms with van der Waals surface area (Å²) in [5.74, 6) is 0.224. The van der Waals surface area contributed by atoms with Crippen LogP contribution in [0.1, 0.15) is 27.2 Å². The molecule has 19 heavy (non-hydrogen) atoms. The smallest absolute Gasteiger partial charge is 0.410 e. The first-order valence-electron chi connectivity index (χ1n) is 6.57. The minimum atomic E-state index is -0.444. The zero-order chi connectivity index (χ0) is 14.5. The van der Waals surface area contributed by atoms with Crippen LogP contribution < -0.4 is 5.32 Å². The van der Waals surface area contributed by atoms with Crippen molar-refractivity contribution >= 4 is 12.1 Å². The van der Waals surface area contributed by atoms with E-state index in [1.54, 1.807) is 4.90 Å². The highest BCUT2D eigenvalue weighted by atomic mass is 16.6. The van der Waals surface area contributed by atoms with Crippen LogP contribution in [0.2, 0.25) is 0 Å². The van der Waals surface area contributed by atoms with Crippen molar-refractivity contribution in [2.45, 2.75) is 32.8 Å². The van der Waals surface area contributed by atoms with Gasteiger partial charge in [-0.2, -0.15) is 0 Å². The van der Waals surface area contributed by atoms with Crippen molar-refractivity contribution in [3.8, 4) is 0 Å². The van der Waals surface area contributed by atoms with Gasteiger partial charge in [0.15, 0.2) is 0 Å². The summed E-state index contributed by atoms with van der Waals surface area (Å²) >= 11 is 0. The molecule has 110 valence electrons. The molecule has 0 spiro atoms. The molecule has 1 rings (SSSR count). The predicted octanol–water partition coefficient (Wildman–Crippen LogP) is 1.01. The summed E-state index contributed by atoms with van der Waals surface area (Å²) in [4.78, 5) is 24.2. The Kier molecular flexibility index (Phi) is 5.60. The van der Waals surface area contributed by atoms with Gasteiger partial charge in [0, 0.05) is 32.1 Å². The van der Waals surface area contributed by atoms with Crippen molar-refractivity contribution in [2.75, 3.05) is 33.3 Å². The third-order valence-corrected chi connectivity index (χ3v) is 2.78. The molecular weight excluding hydrogens is 248 g/mol. The third kappa shape index (κ3) is 5.92. The second-order valence-electron chi connectivity index (χ2n) is 5.78. The molecular formula is C13H24N2O4. The van der Waals surface area contributed by atoms with E-state index in [2.05, 4.69) is 10.1 Å². The molecule has 1 aliphatic heterocycles. The maximum Gasteiger partial charge on any atom is 0.410 e. The van der Waals surface area contributed by atoms with Crippen LogP contribution in [0.25, 0.3) is 0 Å². The zero-order valence-corrected chi connectivity index (χ0v) is 12.2. The van der Waals surface area contributed by atoms with Gasteiger partial charge in [-0.1, -0.05) is 0 Å². The molecule has 1 saturated heterocycles. The molecule has 0 aliphatic carbocycles. The van der Waals surface area contributed by atoms with E-state index in [1.807, 2.05) is 20.8 Å². The fourth-order valence-corrected chi connectivity index (χ4v) is 1.77. The summed E-state index contributed by atoms with van der Waals surface area (Å²) < 4.78 is 9.81. The molecule has 0 unspecified atom stereocenters. The molecule has 1 N–H and O–H groups in total.